The molecule has 0 amide bonds. The normalized spacial score (nSPS) is 10.8. The highest BCUT2D eigenvalue weighted by atomic mass is 19.1. The van der Waals surface area contributed by atoms with Gasteiger partial charge in [0, 0.05) is 36.6 Å². The van der Waals surface area contributed by atoms with Crippen molar-refractivity contribution >= 4 is 6.29 Å². The second-order valence-corrected chi connectivity index (χ2v) is 6.82. The van der Waals surface area contributed by atoms with Crippen LogP contribution < -0.4 is 4.74 Å². The van der Waals surface area contributed by atoms with Gasteiger partial charge in [0.1, 0.15) is 6.29 Å². The number of ether oxygens (including phenoxy) is 2. The van der Waals surface area contributed by atoms with Crippen LogP contribution >= 0.6 is 0 Å². The molecule has 0 radical (unpaired) electrons. The zero-order valence-electron chi connectivity index (χ0n) is 17.0. The second kappa shape index (κ2) is 9.54. The number of methoxy groups -OCH3 is 2. The Balaban J connectivity index is 2.15. The number of hydrogen-bond acceptors (Lipinski definition) is 5. The first kappa shape index (κ1) is 21.5. The largest absolute Gasteiger partial charge is 0.491 e. The SMILES string of the molecule is COCCCc1cnc(-c2cc(F)c(OC)c(F)c2)c(-c2ccc(C=O)c(C)c2)n1. The van der Waals surface area contributed by atoms with Crippen LogP contribution in [-0.2, 0) is 11.2 Å². The third kappa shape index (κ3) is 4.52. The van der Waals surface area contributed by atoms with Crippen molar-refractivity contribution in [2.75, 3.05) is 20.8 Å². The zero-order valence-corrected chi connectivity index (χ0v) is 17.0. The molecule has 0 aliphatic rings. The molecule has 0 unspecified atom stereocenters. The monoisotopic (exact) mass is 412 g/mol. The molecule has 0 aliphatic carbocycles. The average molecular weight is 412 g/mol. The Morgan fingerprint density at radius 2 is 1.77 bits per heavy atom. The lowest BCUT2D eigenvalue weighted by molar-refractivity contribution is 0.112. The van der Waals surface area contributed by atoms with Crippen molar-refractivity contribution in [2.45, 2.75) is 19.8 Å². The molecule has 30 heavy (non-hydrogen) atoms. The van der Waals surface area contributed by atoms with Crippen molar-refractivity contribution in [3.63, 3.8) is 0 Å². The molecule has 3 aromatic rings. The average Bonchev–Trinajstić information content (AvgIpc) is 2.73. The van der Waals surface area contributed by atoms with Gasteiger partial charge in [-0.25, -0.2) is 13.8 Å². The van der Waals surface area contributed by atoms with Gasteiger partial charge in [0.15, 0.2) is 17.4 Å². The van der Waals surface area contributed by atoms with Crippen LogP contribution in [0.25, 0.3) is 22.5 Å². The van der Waals surface area contributed by atoms with Gasteiger partial charge in [-0.1, -0.05) is 12.1 Å². The van der Waals surface area contributed by atoms with Crippen LogP contribution in [-0.4, -0.2) is 37.1 Å². The Kier molecular flexibility index (Phi) is 6.84. The van der Waals surface area contributed by atoms with E-state index < -0.39 is 17.4 Å². The second-order valence-electron chi connectivity index (χ2n) is 6.82. The predicted molar refractivity (Wildman–Crippen MR) is 110 cm³/mol. The van der Waals surface area contributed by atoms with Crippen molar-refractivity contribution in [2.24, 2.45) is 0 Å². The quantitative estimate of drug-likeness (QED) is 0.393. The van der Waals surface area contributed by atoms with E-state index >= 15 is 0 Å². The highest BCUT2D eigenvalue weighted by Gasteiger charge is 2.18. The summed E-state index contributed by atoms with van der Waals surface area (Å²) in [7, 11) is 2.84. The Bertz CT molecular complexity index is 1050. The summed E-state index contributed by atoms with van der Waals surface area (Å²) < 4.78 is 38.5. The summed E-state index contributed by atoms with van der Waals surface area (Å²) in [6, 6.07) is 7.60. The smallest absolute Gasteiger partial charge is 0.190 e. The molecule has 0 atom stereocenters. The molecule has 1 heterocycles. The van der Waals surface area contributed by atoms with Crippen molar-refractivity contribution in [1.82, 2.24) is 9.97 Å². The Morgan fingerprint density at radius 1 is 1.03 bits per heavy atom. The van der Waals surface area contributed by atoms with Crippen LogP contribution in [0.3, 0.4) is 0 Å². The van der Waals surface area contributed by atoms with Crippen molar-refractivity contribution in [3.8, 4) is 28.3 Å². The van der Waals surface area contributed by atoms with Crippen molar-refractivity contribution in [1.29, 1.82) is 0 Å². The number of aldehydes is 1. The van der Waals surface area contributed by atoms with Gasteiger partial charge in [-0.3, -0.25) is 9.78 Å². The summed E-state index contributed by atoms with van der Waals surface area (Å²) in [6.07, 6.45) is 3.78. The van der Waals surface area contributed by atoms with E-state index in [1.54, 1.807) is 25.4 Å². The van der Waals surface area contributed by atoms with Gasteiger partial charge in [0.2, 0.25) is 0 Å². The molecule has 0 spiro atoms. The maximum atomic E-state index is 14.3. The molecule has 0 saturated carbocycles. The van der Waals surface area contributed by atoms with Gasteiger partial charge in [-0.15, -0.1) is 0 Å². The van der Waals surface area contributed by atoms with Gasteiger partial charge in [0.25, 0.3) is 0 Å². The number of hydrogen-bond donors (Lipinski definition) is 0. The lowest BCUT2D eigenvalue weighted by atomic mass is 9.99. The number of benzene rings is 2. The topological polar surface area (TPSA) is 61.3 Å². The summed E-state index contributed by atoms with van der Waals surface area (Å²) in [5, 5.41) is 0. The fraction of sp³-hybridized carbons (Fsp3) is 0.261. The van der Waals surface area contributed by atoms with E-state index in [1.165, 1.54) is 19.2 Å². The fourth-order valence-corrected chi connectivity index (χ4v) is 3.20. The molecule has 0 fully saturated rings. The van der Waals surface area contributed by atoms with E-state index in [2.05, 4.69) is 4.98 Å². The standard InChI is InChI=1S/C23H22F2N2O3/c1-14-9-15(6-7-16(14)13-28)22-21(26-12-18(27-22)5-4-8-29-2)17-10-19(24)23(30-3)20(25)11-17/h6-7,9-13H,4-5,8H2,1-3H3. The van der Waals surface area contributed by atoms with E-state index in [9.17, 15) is 13.6 Å². The molecule has 0 N–H and O–H groups in total. The van der Waals surface area contributed by atoms with E-state index in [0.29, 0.717) is 35.5 Å². The third-order valence-electron chi connectivity index (χ3n) is 4.75. The number of carbonyl (C=O) groups excluding carboxylic acids is 1. The summed E-state index contributed by atoms with van der Waals surface area (Å²) in [4.78, 5) is 20.3. The molecular formula is C23H22F2N2O3. The lowest BCUT2D eigenvalue weighted by Gasteiger charge is -2.13. The first-order chi connectivity index (χ1) is 14.5. The number of aromatic nitrogens is 2. The maximum absolute atomic E-state index is 14.3. The Hall–Kier alpha value is -3.19. The fourth-order valence-electron chi connectivity index (χ4n) is 3.20. The summed E-state index contributed by atoms with van der Waals surface area (Å²) in [6.45, 7) is 2.40. The van der Waals surface area contributed by atoms with Gasteiger partial charge in [-0.05, 0) is 43.5 Å². The molecule has 0 aliphatic heterocycles. The van der Waals surface area contributed by atoms with Crippen LogP contribution in [0.4, 0.5) is 8.78 Å². The summed E-state index contributed by atoms with van der Waals surface area (Å²) in [5.74, 6) is -2.09. The molecule has 5 nitrogen and oxygen atoms in total. The molecule has 3 rings (SSSR count). The van der Waals surface area contributed by atoms with Crippen LogP contribution in [0, 0.1) is 18.6 Å². The molecule has 0 bridgehead atoms. The van der Waals surface area contributed by atoms with Gasteiger partial charge < -0.3 is 9.47 Å². The Morgan fingerprint density at radius 3 is 2.37 bits per heavy atom. The zero-order chi connectivity index (χ0) is 21.7. The molecule has 1 aromatic heterocycles. The molecule has 0 saturated heterocycles. The van der Waals surface area contributed by atoms with E-state index in [-0.39, 0.29) is 5.56 Å². The van der Waals surface area contributed by atoms with E-state index in [1.807, 2.05) is 13.0 Å². The highest BCUT2D eigenvalue weighted by molar-refractivity contribution is 5.82. The summed E-state index contributed by atoms with van der Waals surface area (Å²) >= 11 is 0. The van der Waals surface area contributed by atoms with Gasteiger partial charge in [-0.2, -0.15) is 0 Å². The minimum atomic E-state index is -0.822. The van der Waals surface area contributed by atoms with Crippen LogP contribution in [0.2, 0.25) is 0 Å². The number of aryl methyl sites for hydroxylation is 2. The summed E-state index contributed by atoms with van der Waals surface area (Å²) in [5.41, 5.74) is 3.83. The first-order valence-corrected chi connectivity index (χ1v) is 9.43. The molecule has 2 aromatic carbocycles. The third-order valence-corrected chi connectivity index (χ3v) is 4.75. The minimum absolute atomic E-state index is 0.244. The van der Waals surface area contributed by atoms with Crippen LogP contribution in [0.5, 0.6) is 5.75 Å². The van der Waals surface area contributed by atoms with Crippen molar-refractivity contribution in [3.05, 3.63) is 65.0 Å². The van der Waals surface area contributed by atoms with Crippen LogP contribution in [0.1, 0.15) is 28.0 Å². The molecule has 156 valence electrons. The molecular weight excluding hydrogens is 390 g/mol. The van der Waals surface area contributed by atoms with Gasteiger partial charge in [0.05, 0.1) is 24.2 Å². The van der Waals surface area contributed by atoms with Gasteiger partial charge >= 0.3 is 0 Å². The number of halogens is 2. The molecule has 7 heteroatoms. The van der Waals surface area contributed by atoms with Crippen LogP contribution in [0.15, 0.2) is 36.5 Å². The van der Waals surface area contributed by atoms with E-state index in [4.69, 9.17) is 14.5 Å². The lowest BCUT2D eigenvalue weighted by Crippen LogP contribution is -2.02. The van der Waals surface area contributed by atoms with Crippen molar-refractivity contribution < 1.29 is 23.0 Å². The predicted octanol–water partition coefficient (Wildman–Crippen LogP) is 4.80. The minimum Gasteiger partial charge on any atom is -0.491 e. The number of carbonyl (C=O) groups is 1. The Labute approximate surface area is 173 Å². The number of nitrogens with zero attached hydrogens (tertiary/aromatic N) is 2. The number of rotatable bonds is 8. The van der Waals surface area contributed by atoms with E-state index in [0.717, 1.165) is 24.0 Å². The highest BCUT2D eigenvalue weighted by Crippen LogP contribution is 2.33. The first-order valence-electron chi connectivity index (χ1n) is 9.43. The maximum Gasteiger partial charge on any atom is 0.190 e.